The minimum absolute atomic E-state index is 0.263. The lowest BCUT2D eigenvalue weighted by atomic mass is 10.1. The van der Waals surface area contributed by atoms with Gasteiger partial charge in [0.05, 0.1) is 9.38 Å². The molecule has 6 nitrogen and oxygen atoms in total. The van der Waals surface area contributed by atoms with Crippen LogP contribution in [0.25, 0.3) is 6.08 Å². The van der Waals surface area contributed by atoms with Crippen LogP contribution in [0.2, 0.25) is 0 Å². The molecule has 0 radical (unpaired) electrons. The Balaban J connectivity index is 1.41. The SMILES string of the molecule is Cc1ccc(C)c(NC(=O)CN2C(=O)S/C(=C/c3ccc(OCc4ccccc4)c(Br)c3)C2=O)c1. The van der Waals surface area contributed by atoms with E-state index in [2.05, 4.69) is 21.2 Å². The van der Waals surface area contributed by atoms with E-state index in [1.807, 2.05) is 74.5 Å². The highest BCUT2D eigenvalue weighted by atomic mass is 79.9. The average Bonchev–Trinajstić information content (AvgIpc) is 3.09. The molecule has 1 N–H and O–H groups in total. The molecule has 4 rings (SSSR count). The quantitative estimate of drug-likeness (QED) is 0.348. The van der Waals surface area contributed by atoms with Crippen LogP contribution in [0, 0.1) is 13.8 Å². The molecular weight excluding hydrogens is 528 g/mol. The van der Waals surface area contributed by atoms with Crippen molar-refractivity contribution in [1.29, 1.82) is 0 Å². The molecule has 0 saturated carbocycles. The lowest BCUT2D eigenvalue weighted by molar-refractivity contribution is -0.127. The molecule has 1 saturated heterocycles. The van der Waals surface area contributed by atoms with Gasteiger partial charge >= 0.3 is 0 Å². The van der Waals surface area contributed by atoms with Gasteiger partial charge in [0.1, 0.15) is 18.9 Å². The maximum Gasteiger partial charge on any atom is 0.294 e. The number of carbonyl (C=O) groups is 3. The molecule has 0 spiro atoms. The third-order valence-corrected chi connectivity index (χ3v) is 6.86. The maximum absolute atomic E-state index is 12.8. The highest BCUT2D eigenvalue weighted by Gasteiger charge is 2.36. The van der Waals surface area contributed by atoms with Crippen molar-refractivity contribution in [2.24, 2.45) is 0 Å². The summed E-state index contributed by atoms with van der Waals surface area (Å²) >= 11 is 4.33. The molecule has 8 heteroatoms. The Kier molecular flexibility index (Phi) is 7.73. The Morgan fingerprint density at radius 1 is 1.06 bits per heavy atom. The largest absolute Gasteiger partial charge is 0.488 e. The van der Waals surface area contributed by atoms with E-state index >= 15 is 0 Å². The van der Waals surface area contributed by atoms with Gasteiger partial charge in [0, 0.05) is 5.69 Å². The summed E-state index contributed by atoms with van der Waals surface area (Å²) in [5.74, 6) is -0.247. The molecule has 0 aliphatic carbocycles. The minimum atomic E-state index is -0.489. The number of amides is 3. The zero-order valence-electron chi connectivity index (χ0n) is 19.2. The van der Waals surface area contributed by atoms with Crippen molar-refractivity contribution >= 4 is 56.5 Å². The Hall–Kier alpha value is -3.36. The van der Waals surface area contributed by atoms with Gasteiger partial charge in [-0.25, -0.2) is 0 Å². The topological polar surface area (TPSA) is 75.7 Å². The molecule has 0 unspecified atom stereocenters. The number of hydrogen-bond donors (Lipinski definition) is 1. The molecule has 3 aromatic carbocycles. The summed E-state index contributed by atoms with van der Waals surface area (Å²) in [5.41, 5.74) is 4.35. The predicted molar refractivity (Wildman–Crippen MR) is 142 cm³/mol. The summed E-state index contributed by atoms with van der Waals surface area (Å²) < 4.78 is 6.60. The molecule has 0 aromatic heterocycles. The molecule has 0 atom stereocenters. The number of carbonyl (C=O) groups excluding carboxylic acids is 3. The number of benzene rings is 3. The fraction of sp³-hybridized carbons (Fsp3) is 0.148. The molecule has 178 valence electrons. The molecule has 1 fully saturated rings. The monoisotopic (exact) mass is 550 g/mol. The number of rotatable bonds is 7. The fourth-order valence-corrected chi connectivity index (χ4v) is 4.80. The predicted octanol–water partition coefficient (Wildman–Crippen LogP) is 6.32. The summed E-state index contributed by atoms with van der Waals surface area (Å²) in [7, 11) is 0. The minimum Gasteiger partial charge on any atom is -0.488 e. The van der Waals surface area contributed by atoms with Crippen LogP contribution >= 0.6 is 27.7 Å². The van der Waals surface area contributed by atoms with Crippen LogP contribution in [0.15, 0.2) is 76.1 Å². The molecule has 1 aliphatic rings. The van der Waals surface area contributed by atoms with Crippen LogP contribution in [0.1, 0.15) is 22.3 Å². The van der Waals surface area contributed by atoms with Gasteiger partial charge in [0.25, 0.3) is 11.1 Å². The molecular formula is C27H23BrN2O4S. The second kappa shape index (κ2) is 10.9. The van der Waals surface area contributed by atoms with Crippen LogP contribution < -0.4 is 10.1 Å². The van der Waals surface area contributed by atoms with Crippen LogP contribution in [-0.4, -0.2) is 28.5 Å². The van der Waals surface area contributed by atoms with Gasteiger partial charge in [-0.05, 0) is 88.1 Å². The second-order valence-electron chi connectivity index (χ2n) is 8.10. The Bertz CT molecular complexity index is 1320. The van der Waals surface area contributed by atoms with Crippen LogP contribution in [0.5, 0.6) is 5.75 Å². The number of ether oxygens (including phenoxy) is 1. The van der Waals surface area contributed by atoms with Crippen LogP contribution in [0.4, 0.5) is 10.5 Å². The van der Waals surface area contributed by atoms with Crippen molar-refractivity contribution in [1.82, 2.24) is 4.90 Å². The van der Waals surface area contributed by atoms with Crippen LogP contribution in [-0.2, 0) is 16.2 Å². The normalized spacial score (nSPS) is 14.5. The van der Waals surface area contributed by atoms with Crippen LogP contribution in [0.3, 0.4) is 0 Å². The summed E-state index contributed by atoms with van der Waals surface area (Å²) in [5, 5.41) is 2.31. The number of thioether (sulfide) groups is 1. The van der Waals surface area contributed by atoms with Crippen molar-refractivity contribution in [3.05, 3.63) is 98.4 Å². The second-order valence-corrected chi connectivity index (χ2v) is 9.95. The number of halogens is 1. The smallest absolute Gasteiger partial charge is 0.294 e. The van der Waals surface area contributed by atoms with Gasteiger partial charge in [0.15, 0.2) is 0 Å². The first kappa shape index (κ1) is 24.8. The van der Waals surface area contributed by atoms with E-state index in [1.54, 1.807) is 12.1 Å². The third kappa shape index (κ3) is 6.21. The van der Waals surface area contributed by atoms with E-state index in [9.17, 15) is 14.4 Å². The van der Waals surface area contributed by atoms with Gasteiger partial charge in [-0.3, -0.25) is 19.3 Å². The molecule has 0 bridgehead atoms. The summed E-state index contributed by atoms with van der Waals surface area (Å²) in [6.07, 6.45) is 1.64. The first-order chi connectivity index (χ1) is 16.8. The average molecular weight is 551 g/mol. The first-order valence-electron chi connectivity index (χ1n) is 10.9. The Labute approximate surface area is 216 Å². The molecule has 3 amide bonds. The Morgan fingerprint density at radius 3 is 2.57 bits per heavy atom. The van der Waals surface area contributed by atoms with Gasteiger partial charge in [-0.1, -0.05) is 48.5 Å². The van der Waals surface area contributed by atoms with Gasteiger partial charge < -0.3 is 10.1 Å². The van der Waals surface area contributed by atoms with E-state index < -0.39 is 17.1 Å². The van der Waals surface area contributed by atoms with Crippen molar-refractivity contribution in [3.8, 4) is 5.75 Å². The number of aryl methyl sites for hydroxylation is 2. The van der Waals surface area contributed by atoms with Crippen molar-refractivity contribution in [2.75, 3.05) is 11.9 Å². The van der Waals surface area contributed by atoms with E-state index in [0.29, 0.717) is 18.0 Å². The molecule has 1 aliphatic heterocycles. The van der Waals surface area contributed by atoms with Crippen molar-refractivity contribution < 1.29 is 19.1 Å². The molecule has 35 heavy (non-hydrogen) atoms. The van der Waals surface area contributed by atoms with Gasteiger partial charge in [-0.2, -0.15) is 0 Å². The van der Waals surface area contributed by atoms with Crippen molar-refractivity contribution in [3.63, 3.8) is 0 Å². The highest BCUT2D eigenvalue weighted by molar-refractivity contribution is 9.10. The van der Waals surface area contributed by atoms with E-state index in [-0.39, 0.29) is 11.4 Å². The fourth-order valence-electron chi connectivity index (χ4n) is 3.45. The summed E-state index contributed by atoms with van der Waals surface area (Å²) in [6, 6.07) is 21.0. The van der Waals surface area contributed by atoms with E-state index in [1.165, 1.54) is 0 Å². The number of nitrogens with zero attached hydrogens (tertiary/aromatic N) is 1. The standard InChI is InChI=1S/C27H23BrN2O4S/c1-17-8-9-18(2)22(12-17)29-25(31)15-30-26(32)24(35-27(30)33)14-20-10-11-23(21(28)13-20)34-16-19-6-4-3-5-7-19/h3-14H,15-16H2,1-2H3,(H,29,31)/b24-14+. The lowest BCUT2D eigenvalue weighted by Gasteiger charge is -2.14. The summed E-state index contributed by atoms with van der Waals surface area (Å²) in [6.45, 7) is 3.90. The highest BCUT2D eigenvalue weighted by Crippen LogP contribution is 2.34. The van der Waals surface area contributed by atoms with Gasteiger partial charge in [-0.15, -0.1) is 0 Å². The first-order valence-corrected chi connectivity index (χ1v) is 12.5. The number of hydrogen-bond acceptors (Lipinski definition) is 5. The zero-order chi connectivity index (χ0) is 24.9. The zero-order valence-corrected chi connectivity index (χ0v) is 21.6. The Morgan fingerprint density at radius 2 is 1.83 bits per heavy atom. The van der Waals surface area contributed by atoms with E-state index in [0.717, 1.165) is 43.4 Å². The summed E-state index contributed by atoms with van der Waals surface area (Å²) in [4.78, 5) is 39.0. The van der Waals surface area contributed by atoms with Crippen molar-refractivity contribution in [2.45, 2.75) is 20.5 Å². The maximum atomic E-state index is 12.8. The van der Waals surface area contributed by atoms with E-state index in [4.69, 9.17) is 4.74 Å². The third-order valence-electron chi connectivity index (χ3n) is 5.33. The van der Waals surface area contributed by atoms with Gasteiger partial charge in [0.2, 0.25) is 5.91 Å². The number of imide groups is 1. The lowest BCUT2D eigenvalue weighted by Crippen LogP contribution is -2.36. The number of anilines is 1. The molecule has 1 heterocycles. The number of nitrogens with one attached hydrogen (secondary N) is 1. The molecule has 3 aromatic rings.